The fraction of sp³-hybridized carbons (Fsp3) is 0.273. The average Bonchev–Trinajstić information content (AvgIpc) is 2.56. The van der Waals surface area contributed by atoms with Crippen LogP contribution >= 0.6 is 12.2 Å². The lowest BCUT2D eigenvalue weighted by molar-refractivity contribution is 0.800. The van der Waals surface area contributed by atoms with Crippen molar-refractivity contribution in [1.82, 2.24) is 19.7 Å². The van der Waals surface area contributed by atoms with Crippen LogP contribution in [0.15, 0.2) is 12.3 Å². The standard InChI is InChI=1S/C11H13N5S/c1-6-4-5-13-11(9(6)10(12)17)16-8(3)14-7(2)15-16/h4-5H,1-3H3,(H2,12,17). The molecule has 0 aliphatic rings. The quantitative estimate of drug-likeness (QED) is 0.808. The molecule has 6 heteroatoms. The minimum absolute atomic E-state index is 0.318. The maximum absolute atomic E-state index is 5.74. The summed E-state index contributed by atoms with van der Waals surface area (Å²) >= 11 is 5.06. The fourth-order valence-electron chi connectivity index (χ4n) is 1.73. The Hall–Kier alpha value is -1.82. The number of hydrogen-bond donors (Lipinski definition) is 1. The van der Waals surface area contributed by atoms with Crippen molar-refractivity contribution in [2.24, 2.45) is 5.73 Å². The van der Waals surface area contributed by atoms with E-state index in [2.05, 4.69) is 15.1 Å². The zero-order chi connectivity index (χ0) is 12.6. The third-order valence-corrected chi connectivity index (χ3v) is 2.67. The highest BCUT2D eigenvalue weighted by Crippen LogP contribution is 2.16. The van der Waals surface area contributed by atoms with E-state index >= 15 is 0 Å². The van der Waals surface area contributed by atoms with Crippen molar-refractivity contribution >= 4 is 17.2 Å². The van der Waals surface area contributed by atoms with Gasteiger partial charge in [-0.15, -0.1) is 5.10 Å². The molecule has 0 radical (unpaired) electrons. The molecule has 2 heterocycles. The molecule has 17 heavy (non-hydrogen) atoms. The van der Waals surface area contributed by atoms with Crippen LogP contribution in [0.1, 0.15) is 22.8 Å². The lowest BCUT2D eigenvalue weighted by atomic mass is 10.1. The molecule has 0 aromatic carbocycles. The highest BCUT2D eigenvalue weighted by Gasteiger charge is 2.14. The molecule has 2 aromatic rings. The van der Waals surface area contributed by atoms with Crippen LogP contribution in [0.25, 0.3) is 5.82 Å². The van der Waals surface area contributed by atoms with E-state index in [-0.39, 0.29) is 0 Å². The number of hydrogen-bond acceptors (Lipinski definition) is 4. The monoisotopic (exact) mass is 247 g/mol. The number of aromatic nitrogens is 4. The second kappa shape index (κ2) is 4.21. The number of aryl methyl sites for hydroxylation is 3. The molecule has 0 amide bonds. The highest BCUT2D eigenvalue weighted by molar-refractivity contribution is 7.80. The minimum atomic E-state index is 0.318. The molecule has 0 fully saturated rings. The van der Waals surface area contributed by atoms with Gasteiger partial charge in [-0.3, -0.25) is 0 Å². The molecule has 0 saturated heterocycles. The first-order valence-electron chi connectivity index (χ1n) is 5.16. The van der Waals surface area contributed by atoms with Crippen LogP contribution < -0.4 is 5.73 Å². The van der Waals surface area contributed by atoms with Gasteiger partial charge >= 0.3 is 0 Å². The average molecular weight is 247 g/mol. The molecule has 2 rings (SSSR count). The first-order valence-corrected chi connectivity index (χ1v) is 5.57. The van der Waals surface area contributed by atoms with Crippen LogP contribution in [-0.4, -0.2) is 24.7 Å². The molecule has 5 nitrogen and oxygen atoms in total. The van der Waals surface area contributed by atoms with Gasteiger partial charge in [0.25, 0.3) is 0 Å². The van der Waals surface area contributed by atoms with Crippen molar-refractivity contribution in [3.8, 4) is 5.82 Å². The Morgan fingerprint density at radius 1 is 1.35 bits per heavy atom. The molecule has 0 spiro atoms. The number of nitrogens with two attached hydrogens (primary N) is 1. The molecular formula is C11H13N5S. The first kappa shape index (κ1) is 11.7. The zero-order valence-corrected chi connectivity index (χ0v) is 10.7. The van der Waals surface area contributed by atoms with E-state index in [1.54, 1.807) is 10.9 Å². The lowest BCUT2D eigenvalue weighted by Crippen LogP contribution is -2.17. The van der Waals surface area contributed by atoms with Crippen LogP contribution in [0.2, 0.25) is 0 Å². The first-order chi connectivity index (χ1) is 8.00. The summed E-state index contributed by atoms with van der Waals surface area (Å²) in [6.07, 6.45) is 1.71. The number of thiocarbonyl (C=S) groups is 1. The van der Waals surface area contributed by atoms with Crippen molar-refractivity contribution in [3.05, 3.63) is 35.0 Å². The summed E-state index contributed by atoms with van der Waals surface area (Å²) in [6, 6.07) is 1.87. The minimum Gasteiger partial charge on any atom is -0.389 e. The molecule has 2 aromatic heterocycles. The van der Waals surface area contributed by atoms with Gasteiger partial charge < -0.3 is 5.73 Å². The Kier molecular flexibility index (Phi) is 2.89. The van der Waals surface area contributed by atoms with E-state index in [0.29, 0.717) is 16.6 Å². The van der Waals surface area contributed by atoms with Crippen LogP contribution in [-0.2, 0) is 0 Å². The van der Waals surface area contributed by atoms with Gasteiger partial charge in [-0.25, -0.2) is 9.97 Å². The van der Waals surface area contributed by atoms with E-state index in [0.717, 1.165) is 17.0 Å². The van der Waals surface area contributed by atoms with E-state index in [9.17, 15) is 0 Å². The van der Waals surface area contributed by atoms with Crippen molar-refractivity contribution in [2.45, 2.75) is 20.8 Å². The normalized spacial score (nSPS) is 10.5. The SMILES string of the molecule is Cc1nc(C)n(-c2nccc(C)c2C(N)=S)n1. The Morgan fingerprint density at radius 3 is 2.59 bits per heavy atom. The molecule has 0 saturated carbocycles. The van der Waals surface area contributed by atoms with Gasteiger partial charge in [-0.1, -0.05) is 12.2 Å². The lowest BCUT2D eigenvalue weighted by Gasteiger charge is -2.10. The molecule has 2 N–H and O–H groups in total. The maximum Gasteiger partial charge on any atom is 0.166 e. The van der Waals surface area contributed by atoms with Gasteiger partial charge in [0.05, 0.1) is 5.56 Å². The number of nitrogens with zero attached hydrogens (tertiary/aromatic N) is 4. The van der Waals surface area contributed by atoms with Gasteiger partial charge in [0.2, 0.25) is 0 Å². The van der Waals surface area contributed by atoms with E-state index in [1.807, 2.05) is 26.8 Å². The molecule has 0 aliphatic heterocycles. The van der Waals surface area contributed by atoms with Crippen molar-refractivity contribution in [1.29, 1.82) is 0 Å². The second-order valence-corrected chi connectivity index (χ2v) is 4.25. The summed E-state index contributed by atoms with van der Waals surface area (Å²) in [5.41, 5.74) is 7.47. The topological polar surface area (TPSA) is 69.6 Å². The second-order valence-electron chi connectivity index (χ2n) is 3.81. The van der Waals surface area contributed by atoms with Crippen LogP contribution in [0.4, 0.5) is 0 Å². The Labute approximate surface area is 105 Å². The van der Waals surface area contributed by atoms with Crippen LogP contribution in [0, 0.1) is 20.8 Å². The molecule has 0 aliphatic carbocycles. The Balaban J connectivity index is 2.71. The number of rotatable bonds is 2. The molecule has 0 atom stereocenters. The smallest absolute Gasteiger partial charge is 0.166 e. The van der Waals surface area contributed by atoms with E-state index in [1.165, 1.54) is 0 Å². The van der Waals surface area contributed by atoms with Gasteiger partial charge in [0, 0.05) is 6.20 Å². The largest absolute Gasteiger partial charge is 0.389 e. The molecule has 0 bridgehead atoms. The van der Waals surface area contributed by atoms with Gasteiger partial charge in [-0.05, 0) is 32.4 Å². The third-order valence-electron chi connectivity index (χ3n) is 2.46. The van der Waals surface area contributed by atoms with Crippen LogP contribution in [0.3, 0.4) is 0 Å². The van der Waals surface area contributed by atoms with E-state index < -0.39 is 0 Å². The van der Waals surface area contributed by atoms with Crippen molar-refractivity contribution in [3.63, 3.8) is 0 Å². The van der Waals surface area contributed by atoms with Crippen LogP contribution in [0.5, 0.6) is 0 Å². The Bertz CT molecular complexity index is 588. The van der Waals surface area contributed by atoms with Gasteiger partial charge in [-0.2, -0.15) is 4.68 Å². The number of pyridine rings is 1. The zero-order valence-electron chi connectivity index (χ0n) is 9.93. The highest BCUT2D eigenvalue weighted by atomic mass is 32.1. The predicted octanol–water partition coefficient (Wildman–Crippen LogP) is 1.22. The van der Waals surface area contributed by atoms with Crippen molar-refractivity contribution in [2.75, 3.05) is 0 Å². The van der Waals surface area contributed by atoms with E-state index in [4.69, 9.17) is 18.0 Å². The summed E-state index contributed by atoms with van der Waals surface area (Å²) in [4.78, 5) is 8.86. The predicted molar refractivity (Wildman–Crippen MR) is 69.3 cm³/mol. The summed E-state index contributed by atoms with van der Waals surface area (Å²) < 4.78 is 1.66. The van der Waals surface area contributed by atoms with Crippen molar-refractivity contribution < 1.29 is 0 Å². The molecular weight excluding hydrogens is 234 g/mol. The summed E-state index contributed by atoms with van der Waals surface area (Å²) in [6.45, 7) is 5.64. The summed E-state index contributed by atoms with van der Waals surface area (Å²) in [5, 5.41) is 4.29. The molecule has 88 valence electrons. The molecule has 0 unspecified atom stereocenters. The van der Waals surface area contributed by atoms with Gasteiger partial charge in [0.15, 0.2) is 5.82 Å². The third kappa shape index (κ3) is 2.03. The van der Waals surface area contributed by atoms with Gasteiger partial charge in [0.1, 0.15) is 16.6 Å². The summed E-state index contributed by atoms with van der Waals surface area (Å²) in [7, 11) is 0. The summed E-state index contributed by atoms with van der Waals surface area (Å²) in [5.74, 6) is 2.09. The Morgan fingerprint density at radius 2 is 2.06 bits per heavy atom. The fourth-order valence-corrected chi connectivity index (χ4v) is 1.98. The maximum atomic E-state index is 5.74.